The Balaban J connectivity index is 2.39. The molecule has 0 radical (unpaired) electrons. The standard InChI is InChI=1S/C11H9Cl2NO3S2/c1-6-5-9(18-11(6)13)19(16,17)14-8-4-2-3-7(12)10(8)15/h2-5,14-15H,1H3. The molecule has 102 valence electrons. The minimum Gasteiger partial charge on any atom is -0.504 e. The number of hydrogen-bond acceptors (Lipinski definition) is 4. The molecular weight excluding hydrogens is 329 g/mol. The minimum absolute atomic E-state index is 0.0228. The number of halogens is 2. The number of aryl methyl sites for hydroxylation is 1. The summed E-state index contributed by atoms with van der Waals surface area (Å²) < 4.78 is 27.0. The molecule has 1 aromatic carbocycles. The lowest BCUT2D eigenvalue weighted by Crippen LogP contribution is -2.11. The fourth-order valence-corrected chi connectivity index (χ4v) is 4.31. The fourth-order valence-electron chi connectivity index (χ4n) is 1.36. The zero-order chi connectivity index (χ0) is 14.2. The molecular formula is C11H9Cl2NO3S2. The van der Waals surface area contributed by atoms with E-state index in [4.69, 9.17) is 23.2 Å². The zero-order valence-corrected chi connectivity index (χ0v) is 12.8. The predicted molar refractivity (Wildman–Crippen MR) is 78.0 cm³/mol. The Morgan fingerprint density at radius 2 is 2.00 bits per heavy atom. The second-order valence-corrected chi connectivity index (χ2v) is 7.73. The number of para-hydroxylation sites is 1. The maximum atomic E-state index is 12.1. The molecule has 0 atom stereocenters. The summed E-state index contributed by atoms with van der Waals surface area (Å²) in [7, 11) is -3.79. The summed E-state index contributed by atoms with van der Waals surface area (Å²) in [5.74, 6) is -0.313. The first-order valence-electron chi connectivity index (χ1n) is 5.07. The van der Waals surface area contributed by atoms with Crippen molar-refractivity contribution in [3.05, 3.63) is 39.2 Å². The van der Waals surface area contributed by atoms with Crippen molar-refractivity contribution in [2.75, 3.05) is 4.72 Å². The Morgan fingerprint density at radius 1 is 1.32 bits per heavy atom. The number of sulfonamides is 1. The first-order valence-corrected chi connectivity index (χ1v) is 8.13. The monoisotopic (exact) mass is 337 g/mol. The van der Waals surface area contributed by atoms with Gasteiger partial charge in [-0.3, -0.25) is 4.72 Å². The van der Waals surface area contributed by atoms with E-state index in [0.29, 0.717) is 9.90 Å². The number of anilines is 1. The Morgan fingerprint density at radius 3 is 2.58 bits per heavy atom. The van der Waals surface area contributed by atoms with Crippen molar-refractivity contribution < 1.29 is 13.5 Å². The zero-order valence-electron chi connectivity index (χ0n) is 9.65. The lowest BCUT2D eigenvalue weighted by molar-refractivity contribution is 0.478. The topological polar surface area (TPSA) is 66.4 Å². The number of phenolic OH excluding ortho intramolecular Hbond substituents is 1. The van der Waals surface area contributed by atoms with Crippen LogP contribution in [0.25, 0.3) is 0 Å². The first kappa shape index (κ1) is 14.5. The van der Waals surface area contributed by atoms with E-state index >= 15 is 0 Å². The van der Waals surface area contributed by atoms with Gasteiger partial charge >= 0.3 is 0 Å². The third-order valence-corrected chi connectivity index (χ3v) is 6.03. The van der Waals surface area contributed by atoms with Crippen LogP contribution in [-0.4, -0.2) is 13.5 Å². The van der Waals surface area contributed by atoms with Gasteiger partial charge in [0.05, 0.1) is 15.0 Å². The molecule has 0 aliphatic heterocycles. The van der Waals surface area contributed by atoms with Crippen LogP contribution in [0, 0.1) is 6.92 Å². The molecule has 2 N–H and O–H groups in total. The van der Waals surface area contributed by atoms with Gasteiger partial charge in [0.25, 0.3) is 10.0 Å². The van der Waals surface area contributed by atoms with E-state index in [2.05, 4.69) is 4.72 Å². The molecule has 0 aliphatic rings. The summed E-state index contributed by atoms with van der Waals surface area (Å²) in [4.78, 5) is 0. The van der Waals surface area contributed by atoms with Gasteiger partial charge in [-0.25, -0.2) is 8.42 Å². The quantitative estimate of drug-likeness (QED) is 0.835. The van der Waals surface area contributed by atoms with Crippen LogP contribution in [0.15, 0.2) is 28.5 Å². The molecule has 2 aromatic rings. The SMILES string of the molecule is Cc1cc(S(=O)(=O)Nc2cccc(Cl)c2O)sc1Cl. The molecule has 0 bridgehead atoms. The van der Waals surface area contributed by atoms with Gasteiger partial charge in [-0.2, -0.15) is 0 Å². The van der Waals surface area contributed by atoms with Gasteiger partial charge in [0.1, 0.15) is 4.21 Å². The highest BCUT2D eigenvalue weighted by Crippen LogP contribution is 2.35. The maximum Gasteiger partial charge on any atom is 0.271 e. The maximum absolute atomic E-state index is 12.1. The van der Waals surface area contributed by atoms with E-state index in [1.165, 1.54) is 24.3 Å². The Hall–Kier alpha value is -0.950. The van der Waals surface area contributed by atoms with Crippen molar-refractivity contribution in [3.63, 3.8) is 0 Å². The molecule has 0 unspecified atom stereocenters. The average molecular weight is 338 g/mol. The number of phenols is 1. The summed E-state index contributed by atoms with van der Waals surface area (Å²) in [5, 5.41) is 9.76. The highest BCUT2D eigenvalue weighted by Gasteiger charge is 2.20. The third-order valence-electron chi connectivity index (χ3n) is 2.33. The third kappa shape index (κ3) is 2.97. The van der Waals surface area contributed by atoms with Crippen LogP contribution in [-0.2, 0) is 10.0 Å². The van der Waals surface area contributed by atoms with Gasteiger partial charge in [0, 0.05) is 0 Å². The molecule has 0 spiro atoms. The number of thiophene rings is 1. The van der Waals surface area contributed by atoms with Crippen LogP contribution < -0.4 is 4.72 Å². The van der Waals surface area contributed by atoms with Gasteiger partial charge in [-0.15, -0.1) is 11.3 Å². The van der Waals surface area contributed by atoms with Gasteiger partial charge in [-0.05, 0) is 30.7 Å². The normalized spacial score (nSPS) is 11.5. The predicted octanol–water partition coefficient (Wildman–Crippen LogP) is 3.87. The summed E-state index contributed by atoms with van der Waals surface area (Å²) in [6.07, 6.45) is 0. The second kappa shape index (κ2) is 5.20. The van der Waals surface area contributed by atoms with E-state index in [1.54, 1.807) is 6.92 Å². The van der Waals surface area contributed by atoms with E-state index in [-0.39, 0.29) is 20.7 Å². The molecule has 1 aromatic heterocycles. The number of benzene rings is 1. The van der Waals surface area contributed by atoms with Crippen molar-refractivity contribution in [2.45, 2.75) is 11.1 Å². The molecule has 0 aliphatic carbocycles. The van der Waals surface area contributed by atoms with E-state index in [9.17, 15) is 13.5 Å². The molecule has 0 fully saturated rings. The number of nitrogens with one attached hydrogen (secondary N) is 1. The Labute approximate surface area is 124 Å². The average Bonchev–Trinajstić information content (AvgIpc) is 2.66. The van der Waals surface area contributed by atoms with Gasteiger partial charge in [0.15, 0.2) is 5.75 Å². The lowest BCUT2D eigenvalue weighted by atomic mass is 10.3. The molecule has 0 saturated carbocycles. The number of hydrogen-bond donors (Lipinski definition) is 2. The van der Waals surface area contributed by atoms with Crippen LogP contribution >= 0.6 is 34.5 Å². The van der Waals surface area contributed by atoms with E-state index in [0.717, 1.165) is 11.3 Å². The second-order valence-electron chi connectivity index (χ2n) is 3.76. The Bertz CT molecular complexity index is 706. The first-order chi connectivity index (χ1) is 8.81. The van der Waals surface area contributed by atoms with Crippen molar-refractivity contribution in [1.29, 1.82) is 0 Å². The van der Waals surface area contributed by atoms with Crippen molar-refractivity contribution in [3.8, 4) is 5.75 Å². The van der Waals surface area contributed by atoms with Crippen molar-refractivity contribution >= 4 is 50.2 Å². The highest BCUT2D eigenvalue weighted by atomic mass is 35.5. The van der Waals surface area contributed by atoms with Crippen molar-refractivity contribution in [2.24, 2.45) is 0 Å². The molecule has 1 heterocycles. The summed E-state index contributed by atoms with van der Waals surface area (Å²) >= 11 is 12.5. The summed E-state index contributed by atoms with van der Waals surface area (Å²) in [6.45, 7) is 1.72. The van der Waals surface area contributed by atoms with E-state index in [1.807, 2.05) is 0 Å². The summed E-state index contributed by atoms with van der Waals surface area (Å²) in [5.41, 5.74) is 0.706. The minimum atomic E-state index is -3.79. The van der Waals surface area contributed by atoms with Crippen LogP contribution in [0.3, 0.4) is 0 Å². The Kier molecular flexibility index (Phi) is 3.96. The van der Waals surface area contributed by atoms with Crippen LogP contribution in [0.2, 0.25) is 9.36 Å². The van der Waals surface area contributed by atoms with Crippen LogP contribution in [0.5, 0.6) is 5.75 Å². The lowest BCUT2D eigenvalue weighted by Gasteiger charge is -2.08. The molecule has 8 heteroatoms. The van der Waals surface area contributed by atoms with Crippen LogP contribution in [0.1, 0.15) is 5.56 Å². The summed E-state index contributed by atoms with van der Waals surface area (Å²) in [6, 6.07) is 5.88. The van der Waals surface area contributed by atoms with Gasteiger partial charge < -0.3 is 5.11 Å². The number of aromatic hydroxyl groups is 1. The molecule has 4 nitrogen and oxygen atoms in total. The van der Waals surface area contributed by atoms with Gasteiger partial charge in [0.2, 0.25) is 0 Å². The smallest absolute Gasteiger partial charge is 0.271 e. The molecule has 0 saturated heterocycles. The largest absolute Gasteiger partial charge is 0.504 e. The van der Waals surface area contributed by atoms with Crippen molar-refractivity contribution in [1.82, 2.24) is 0 Å². The van der Waals surface area contributed by atoms with Crippen LogP contribution in [0.4, 0.5) is 5.69 Å². The van der Waals surface area contributed by atoms with Gasteiger partial charge in [-0.1, -0.05) is 29.3 Å². The molecule has 0 amide bonds. The fraction of sp³-hybridized carbons (Fsp3) is 0.0909. The molecule has 19 heavy (non-hydrogen) atoms. The number of rotatable bonds is 3. The highest BCUT2D eigenvalue weighted by molar-refractivity contribution is 7.94. The van der Waals surface area contributed by atoms with E-state index < -0.39 is 10.0 Å². The molecule has 2 rings (SSSR count).